The maximum Gasteiger partial charge on any atom is 0.0318 e. The van der Waals surface area contributed by atoms with E-state index in [4.69, 9.17) is 0 Å². The Morgan fingerprint density at radius 2 is 0.698 bits per heavy atom. The van der Waals surface area contributed by atoms with E-state index in [0.717, 1.165) is 0 Å². The Kier molecular flexibility index (Phi) is 8.08. The highest BCUT2D eigenvalue weighted by Crippen LogP contribution is 2.68. The lowest BCUT2D eigenvalue weighted by molar-refractivity contribution is 0.0965. The number of rotatable bonds is 3. The third-order valence-electron chi connectivity index (χ3n) is 14.7. The minimum atomic E-state index is -0.325. The molecule has 0 nitrogen and oxygen atoms in total. The second kappa shape index (κ2) is 13.5. The Labute approximate surface area is 370 Å². The number of hydrogen-bond acceptors (Lipinski definition) is 0. The molecule has 0 atom stereocenters. The summed E-state index contributed by atoms with van der Waals surface area (Å²) in [5.41, 5.74) is 12.7. The van der Waals surface area contributed by atoms with E-state index in [1.165, 1.54) is 120 Å². The Morgan fingerprint density at radius 3 is 1.29 bits per heavy atom. The van der Waals surface area contributed by atoms with Crippen molar-refractivity contribution in [2.24, 2.45) is 10.8 Å². The zero-order chi connectivity index (χ0) is 42.8. The van der Waals surface area contributed by atoms with Crippen LogP contribution in [0.15, 0.2) is 194 Å². The average Bonchev–Trinajstić information content (AvgIpc) is 3.64. The van der Waals surface area contributed by atoms with Crippen molar-refractivity contribution in [1.82, 2.24) is 0 Å². The summed E-state index contributed by atoms with van der Waals surface area (Å²) in [5, 5.41) is 15.6. The van der Waals surface area contributed by atoms with E-state index in [9.17, 15) is 0 Å². The summed E-state index contributed by atoms with van der Waals surface area (Å²) in [7, 11) is 0. The van der Waals surface area contributed by atoms with Crippen LogP contribution in [0.1, 0.15) is 52.7 Å². The van der Waals surface area contributed by atoms with Crippen LogP contribution in [-0.4, -0.2) is 0 Å². The highest BCUT2D eigenvalue weighted by molar-refractivity contribution is 6.25. The van der Waals surface area contributed by atoms with E-state index in [1.807, 2.05) is 0 Å². The van der Waals surface area contributed by atoms with Gasteiger partial charge in [-0.15, -0.1) is 0 Å². The standard InChI is InChI=1S/C63H50/c1-61(2,3)63(62(4,5)6)55-38-54(45-28-10-12-29-47(45)58(55)59-48-30-13-9-26-43(48)44-27-11-18-35-53(44)60(59)63)40-23-19-24-41(37-40)56-49-31-14-16-33-51(49)57(52-34-17-15-32-50(52)56)46-36-20-22-39-21-7-8-25-42(39)46/h7-38H,1-6H3. The zero-order valence-corrected chi connectivity index (χ0v) is 37.0. The molecule has 63 heavy (non-hydrogen) atoms. The smallest absolute Gasteiger partial charge is 0.0318 e. The molecule has 0 amide bonds. The fourth-order valence-corrected chi connectivity index (χ4v) is 12.8. The fourth-order valence-electron chi connectivity index (χ4n) is 12.8. The van der Waals surface area contributed by atoms with Crippen molar-refractivity contribution in [2.75, 3.05) is 0 Å². The van der Waals surface area contributed by atoms with E-state index in [-0.39, 0.29) is 16.2 Å². The Bertz CT molecular complexity index is 3620. The normalized spacial score (nSPS) is 13.7. The van der Waals surface area contributed by atoms with Crippen LogP contribution in [0.2, 0.25) is 0 Å². The van der Waals surface area contributed by atoms with E-state index < -0.39 is 0 Å². The van der Waals surface area contributed by atoms with Crippen LogP contribution >= 0.6 is 0 Å². The van der Waals surface area contributed by atoms with Crippen molar-refractivity contribution in [1.29, 1.82) is 0 Å². The molecule has 0 radical (unpaired) electrons. The summed E-state index contributed by atoms with van der Waals surface area (Å²) < 4.78 is 0. The molecular weight excluding hydrogens is 757 g/mol. The summed E-state index contributed by atoms with van der Waals surface area (Å²) in [5.74, 6) is 0. The van der Waals surface area contributed by atoms with Gasteiger partial charge in [-0.1, -0.05) is 224 Å². The lowest BCUT2D eigenvalue weighted by Gasteiger charge is -2.53. The molecular formula is C63H50. The molecule has 11 aromatic rings. The SMILES string of the molecule is CC(C)(C)C1(C(C)(C)C)c2cc(-c3cccc(-c4c5ccccc5c(-c5cccc6ccccc56)c5ccccc45)c3)c3ccccc3c2-c2c1c1ccccc1c1ccccc21. The highest BCUT2D eigenvalue weighted by Gasteiger charge is 2.59. The van der Waals surface area contributed by atoms with Crippen LogP contribution < -0.4 is 0 Å². The van der Waals surface area contributed by atoms with Crippen molar-refractivity contribution < 1.29 is 0 Å². The monoisotopic (exact) mass is 806 g/mol. The Balaban J connectivity index is 1.17. The molecule has 1 aliphatic carbocycles. The molecule has 0 N–H and O–H groups in total. The van der Waals surface area contributed by atoms with Crippen LogP contribution in [0.25, 0.3) is 109 Å². The lowest BCUT2D eigenvalue weighted by atomic mass is 9.49. The van der Waals surface area contributed by atoms with Gasteiger partial charge in [-0.3, -0.25) is 0 Å². The van der Waals surface area contributed by atoms with Gasteiger partial charge in [-0.05, 0) is 143 Å². The first-order valence-corrected chi connectivity index (χ1v) is 22.6. The zero-order valence-electron chi connectivity index (χ0n) is 37.0. The first-order chi connectivity index (χ1) is 30.6. The van der Waals surface area contributed by atoms with Gasteiger partial charge in [0.25, 0.3) is 0 Å². The van der Waals surface area contributed by atoms with Crippen LogP contribution in [0.5, 0.6) is 0 Å². The van der Waals surface area contributed by atoms with Gasteiger partial charge in [0.05, 0.1) is 0 Å². The van der Waals surface area contributed by atoms with Gasteiger partial charge in [-0.2, -0.15) is 0 Å². The molecule has 0 bridgehead atoms. The minimum Gasteiger partial charge on any atom is -0.0616 e. The molecule has 1 aliphatic rings. The molecule has 0 fully saturated rings. The minimum absolute atomic E-state index is 0.137. The van der Waals surface area contributed by atoms with E-state index in [1.54, 1.807) is 0 Å². The molecule has 0 heterocycles. The Hall–Kier alpha value is -7.02. The van der Waals surface area contributed by atoms with Gasteiger partial charge in [0.2, 0.25) is 0 Å². The topological polar surface area (TPSA) is 0 Å². The lowest BCUT2D eigenvalue weighted by Crippen LogP contribution is -2.50. The van der Waals surface area contributed by atoms with Crippen molar-refractivity contribution >= 4 is 64.6 Å². The van der Waals surface area contributed by atoms with Gasteiger partial charge < -0.3 is 0 Å². The maximum absolute atomic E-state index is 2.62. The summed E-state index contributed by atoms with van der Waals surface area (Å²) in [4.78, 5) is 0. The summed E-state index contributed by atoms with van der Waals surface area (Å²) >= 11 is 0. The molecule has 0 spiro atoms. The maximum atomic E-state index is 2.62. The molecule has 0 saturated carbocycles. The predicted octanol–water partition coefficient (Wildman–Crippen LogP) is 18.0. The largest absolute Gasteiger partial charge is 0.0616 e. The molecule has 12 rings (SSSR count). The quantitative estimate of drug-likeness (QED) is 0.123. The second-order valence-corrected chi connectivity index (χ2v) is 19.9. The second-order valence-electron chi connectivity index (χ2n) is 19.9. The fraction of sp³-hybridized carbons (Fsp3) is 0.143. The number of fused-ring (bicyclic) bond motifs is 13. The first-order valence-electron chi connectivity index (χ1n) is 22.6. The predicted molar refractivity (Wildman–Crippen MR) is 273 cm³/mol. The summed E-state index contributed by atoms with van der Waals surface area (Å²) in [6.07, 6.45) is 0. The van der Waals surface area contributed by atoms with E-state index in [0.29, 0.717) is 0 Å². The van der Waals surface area contributed by atoms with E-state index >= 15 is 0 Å². The van der Waals surface area contributed by atoms with Gasteiger partial charge in [0.15, 0.2) is 0 Å². The van der Waals surface area contributed by atoms with E-state index in [2.05, 4.69) is 236 Å². The van der Waals surface area contributed by atoms with Gasteiger partial charge in [0.1, 0.15) is 0 Å². The molecule has 0 unspecified atom stereocenters. The van der Waals surface area contributed by atoms with Gasteiger partial charge in [-0.25, -0.2) is 0 Å². The first kappa shape index (κ1) is 37.7. The van der Waals surface area contributed by atoms with Crippen molar-refractivity contribution in [3.8, 4) is 44.5 Å². The third kappa shape index (κ3) is 5.16. The molecule has 0 aliphatic heterocycles. The Morgan fingerprint density at radius 1 is 0.286 bits per heavy atom. The van der Waals surface area contributed by atoms with Crippen LogP contribution in [0, 0.1) is 10.8 Å². The number of benzene rings is 11. The average molecular weight is 807 g/mol. The van der Waals surface area contributed by atoms with Crippen LogP contribution in [0.3, 0.4) is 0 Å². The molecule has 11 aromatic carbocycles. The molecule has 0 saturated heterocycles. The van der Waals surface area contributed by atoms with Crippen molar-refractivity contribution in [3.05, 3.63) is 205 Å². The highest BCUT2D eigenvalue weighted by atomic mass is 14.6. The van der Waals surface area contributed by atoms with Gasteiger partial charge in [0, 0.05) is 5.41 Å². The molecule has 0 aromatic heterocycles. The summed E-state index contributed by atoms with van der Waals surface area (Å²) in [6, 6.07) is 73.2. The van der Waals surface area contributed by atoms with Crippen molar-refractivity contribution in [3.63, 3.8) is 0 Å². The van der Waals surface area contributed by atoms with Gasteiger partial charge >= 0.3 is 0 Å². The van der Waals surface area contributed by atoms with Crippen LogP contribution in [0.4, 0.5) is 0 Å². The number of hydrogen-bond donors (Lipinski definition) is 0. The summed E-state index contributed by atoms with van der Waals surface area (Å²) in [6.45, 7) is 14.9. The van der Waals surface area contributed by atoms with Crippen LogP contribution in [-0.2, 0) is 5.41 Å². The van der Waals surface area contributed by atoms with Crippen molar-refractivity contribution in [2.45, 2.75) is 47.0 Å². The molecule has 0 heteroatoms. The third-order valence-corrected chi connectivity index (χ3v) is 14.7. The molecule has 302 valence electrons.